The van der Waals surface area contributed by atoms with Gasteiger partial charge >= 0.3 is 6.18 Å². The first-order valence-corrected chi connectivity index (χ1v) is 5.84. The monoisotopic (exact) mass is 304 g/mol. The molecule has 0 atom stereocenters. The Morgan fingerprint density at radius 3 is 2.30 bits per heavy atom. The highest BCUT2D eigenvalue weighted by molar-refractivity contribution is 6.33. The van der Waals surface area contributed by atoms with Crippen LogP contribution in [0.15, 0.2) is 36.4 Å². The molecular weight excluding hydrogens is 296 g/mol. The summed E-state index contributed by atoms with van der Waals surface area (Å²) in [7, 11) is 0. The van der Waals surface area contributed by atoms with Crippen LogP contribution in [-0.2, 0) is 6.18 Å². The summed E-state index contributed by atoms with van der Waals surface area (Å²) in [5.74, 6) is -0.682. The second-order valence-electron chi connectivity index (χ2n) is 4.06. The molecule has 0 bridgehead atoms. The van der Waals surface area contributed by atoms with Gasteiger partial charge in [0, 0.05) is 5.69 Å². The fraction of sp³-hybridized carbons (Fsp3) is 0.0769. The maximum Gasteiger partial charge on any atom is 0.416 e. The summed E-state index contributed by atoms with van der Waals surface area (Å²) in [6.45, 7) is 0. The van der Waals surface area contributed by atoms with Crippen molar-refractivity contribution in [3.05, 3.63) is 52.8 Å². The molecule has 20 heavy (non-hydrogen) atoms. The highest BCUT2D eigenvalue weighted by atomic mass is 35.5. The van der Waals surface area contributed by atoms with E-state index < -0.39 is 17.6 Å². The number of benzene rings is 2. The van der Waals surface area contributed by atoms with Crippen LogP contribution in [0.2, 0.25) is 5.02 Å². The second kappa shape index (κ2) is 5.20. The van der Waals surface area contributed by atoms with Crippen LogP contribution in [-0.4, -0.2) is 0 Å². The van der Waals surface area contributed by atoms with Crippen molar-refractivity contribution in [2.45, 2.75) is 6.18 Å². The highest BCUT2D eigenvalue weighted by Crippen LogP contribution is 2.35. The number of anilines is 3. The lowest BCUT2D eigenvalue weighted by Crippen LogP contribution is -2.06. The maximum atomic E-state index is 13.6. The zero-order valence-corrected chi connectivity index (χ0v) is 10.7. The van der Waals surface area contributed by atoms with Gasteiger partial charge in [-0.15, -0.1) is 0 Å². The van der Waals surface area contributed by atoms with Gasteiger partial charge in [-0.05, 0) is 36.4 Å². The molecule has 0 spiro atoms. The molecule has 2 aromatic rings. The third kappa shape index (κ3) is 3.14. The van der Waals surface area contributed by atoms with Crippen LogP contribution in [0.1, 0.15) is 5.56 Å². The van der Waals surface area contributed by atoms with Crippen LogP contribution in [0, 0.1) is 5.82 Å². The molecule has 2 nitrogen and oxygen atoms in total. The number of hydrogen-bond donors (Lipinski definition) is 2. The third-order valence-electron chi connectivity index (χ3n) is 2.56. The minimum Gasteiger partial charge on any atom is -0.399 e. The normalized spacial score (nSPS) is 11.4. The molecule has 0 aliphatic rings. The van der Waals surface area contributed by atoms with E-state index in [1.54, 1.807) is 0 Å². The molecule has 0 aliphatic carbocycles. The molecule has 0 aliphatic heterocycles. The Morgan fingerprint density at radius 1 is 1.00 bits per heavy atom. The van der Waals surface area contributed by atoms with E-state index >= 15 is 0 Å². The standard InChI is InChI=1S/C13H9ClF4N2/c14-9-3-1-7(13(16,17)18)5-12(9)20-11-4-2-8(19)6-10(11)15/h1-6,20H,19H2. The van der Waals surface area contributed by atoms with Crippen LogP contribution in [0.3, 0.4) is 0 Å². The van der Waals surface area contributed by atoms with Crippen LogP contribution < -0.4 is 11.1 Å². The average Bonchev–Trinajstić information content (AvgIpc) is 2.33. The van der Waals surface area contributed by atoms with Crippen molar-refractivity contribution in [3.63, 3.8) is 0 Å². The van der Waals surface area contributed by atoms with E-state index in [1.165, 1.54) is 12.1 Å². The largest absolute Gasteiger partial charge is 0.416 e. The van der Waals surface area contributed by atoms with E-state index in [4.69, 9.17) is 17.3 Å². The van der Waals surface area contributed by atoms with Gasteiger partial charge in [0.25, 0.3) is 0 Å². The van der Waals surface area contributed by atoms with E-state index in [0.29, 0.717) is 0 Å². The molecule has 106 valence electrons. The summed E-state index contributed by atoms with van der Waals surface area (Å²) in [5.41, 5.74) is 4.68. The fourth-order valence-corrected chi connectivity index (χ4v) is 1.74. The lowest BCUT2D eigenvalue weighted by atomic mass is 10.2. The number of nitrogens with one attached hydrogen (secondary N) is 1. The molecule has 0 unspecified atom stereocenters. The molecule has 0 aromatic heterocycles. The Hall–Kier alpha value is -1.95. The van der Waals surface area contributed by atoms with Crippen LogP contribution in [0.25, 0.3) is 0 Å². The van der Waals surface area contributed by atoms with Crippen LogP contribution >= 0.6 is 11.6 Å². The molecule has 2 rings (SSSR count). The average molecular weight is 305 g/mol. The Kier molecular flexibility index (Phi) is 3.76. The van der Waals surface area contributed by atoms with Crippen LogP contribution in [0.5, 0.6) is 0 Å². The van der Waals surface area contributed by atoms with E-state index in [-0.39, 0.29) is 22.1 Å². The molecule has 0 saturated heterocycles. The van der Waals surface area contributed by atoms with Gasteiger partial charge in [0.1, 0.15) is 5.82 Å². The first-order chi connectivity index (χ1) is 9.27. The summed E-state index contributed by atoms with van der Waals surface area (Å²) < 4.78 is 51.4. The number of halogens is 5. The van der Waals surface area contributed by atoms with Crippen molar-refractivity contribution in [2.24, 2.45) is 0 Å². The number of hydrogen-bond acceptors (Lipinski definition) is 2. The highest BCUT2D eigenvalue weighted by Gasteiger charge is 2.31. The maximum absolute atomic E-state index is 13.6. The van der Waals surface area contributed by atoms with E-state index in [2.05, 4.69) is 5.32 Å². The second-order valence-corrected chi connectivity index (χ2v) is 4.46. The lowest BCUT2D eigenvalue weighted by molar-refractivity contribution is -0.137. The minimum atomic E-state index is -4.50. The quantitative estimate of drug-likeness (QED) is 0.616. The summed E-state index contributed by atoms with van der Waals surface area (Å²) in [4.78, 5) is 0. The topological polar surface area (TPSA) is 38.0 Å². The summed E-state index contributed by atoms with van der Waals surface area (Å²) in [6, 6.07) is 6.57. The number of rotatable bonds is 2. The smallest absolute Gasteiger partial charge is 0.399 e. The van der Waals surface area contributed by atoms with Gasteiger partial charge in [0.05, 0.1) is 22.0 Å². The van der Waals surface area contributed by atoms with E-state index in [1.807, 2.05) is 0 Å². The number of nitrogen functional groups attached to an aromatic ring is 1. The molecular formula is C13H9ClF4N2. The van der Waals surface area contributed by atoms with Crippen molar-refractivity contribution < 1.29 is 17.6 Å². The molecule has 0 saturated carbocycles. The van der Waals surface area contributed by atoms with Gasteiger partial charge in [0.2, 0.25) is 0 Å². The van der Waals surface area contributed by atoms with Crippen molar-refractivity contribution in [1.82, 2.24) is 0 Å². The molecule has 0 radical (unpaired) electrons. The molecule has 7 heteroatoms. The van der Waals surface area contributed by atoms with Gasteiger partial charge in [-0.25, -0.2) is 4.39 Å². The Labute approximate surface area is 117 Å². The van der Waals surface area contributed by atoms with E-state index in [0.717, 1.165) is 24.3 Å². The van der Waals surface area contributed by atoms with Gasteiger partial charge in [-0.3, -0.25) is 0 Å². The Morgan fingerprint density at radius 2 is 1.70 bits per heavy atom. The summed E-state index contributed by atoms with van der Waals surface area (Å²) in [6.07, 6.45) is -4.50. The predicted octanol–water partition coefficient (Wildman–Crippen LogP) is 4.82. The zero-order chi connectivity index (χ0) is 14.9. The van der Waals surface area contributed by atoms with Gasteiger partial charge < -0.3 is 11.1 Å². The fourth-order valence-electron chi connectivity index (χ4n) is 1.58. The van der Waals surface area contributed by atoms with E-state index in [9.17, 15) is 17.6 Å². The van der Waals surface area contributed by atoms with Gasteiger partial charge in [-0.1, -0.05) is 11.6 Å². The number of alkyl halides is 3. The minimum absolute atomic E-state index is 0.0135. The molecule has 0 amide bonds. The Bertz CT molecular complexity index is 641. The lowest BCUT2D eigenvalue weighted by Gasteiger charge is -2.13. The predicted molar refractivity (Wildman–Crippen MR) is 70.5 cm³/mol. The molecule has 3 N–H and O–H groups in total. The van der Waals surface area contributed by atoms with Gasteiger partial charge in [0.15, 0.2) is 0 Å². The summed E-state index contributed by atoms with van der Waals surface area (Å²) in [5, 5.41) is 2.57. The zero-order valence-electron chi connectivity index (χ0n) is 9.93. The Balaban J connectivity index is 2.38. The SMILES string of the molecule is Nc1ccc(Nc2cc(C(F)(F)F)ccc2Cl)c(F)c1. The van der Waals surface area contributed by atoms with Gasteiger partial charge in [-0.2, -0.15) is 13.2 Å². The first-order valence-electron chi connectivity index (χ1n) is 5.46. The third-order valence-corrected chi connectivity index (χ3v) is 2.89. The number of nitrogens with two attached hydrogens (primary N) is 1. The van der Waals surface area contributed by atoms with Crippen molar-refractivity contribution in [1.29, 1.82) is 0 Å². The molecule has 0 fully saturated rings. The van der Waals surface area contributed by atoms with Crippen molar-refractivity contribution >= 4 is 28.7 Å². The van der Waals surface area contributed by atoms with Crippen molar-refractivity contribution in [3.8, 4) is 0 Å². The summed E-state index contributed by atoms with van der Waals surface area (Å²) >= 11 is 5.80. The first kappa shape index (κ1) is 14.5. The molecule has 2 aromatic carbocycles. The van der Waals surface area contributed by atoms with Crippen molar-refractivity contribution in [2.75, 3.05) is 11.1 Å². The molecule has 0 heterocycles. The van der Waals surface area contributed by atoms with Crippen LogP contribution in [0.4, 0.5) is 34.6 Å².